The second-order valence-electron chi connectivity index (χ2n) is 5.56. The van der Waals surface area contributed by atoms with E-state index in [1.54, 1.807) is 7.11 Å². The molecule has 0 saturated carbocycles. The summed E-state index contributed by atoms with van der Waals surface area (Å²) in [7, 11) is 1.63. The lowest BCUT2D eigenvalue weighted by atomic mass is 10.1. The first-order chi connectivity index (χ1) is 11.9. The standard InChI is InChI=1S/C20H22N2O2/c1-23-15-24-14-8-13-18-21-19(16-9-4-2-5-10-16)20(22-18)17-11-6-3-7-12-17/h2-7,9-12H,8,13-15H2,1H3,(H,21,22). The van der Waals surface area contributed by atoms with Gasteiger partial charge in [0.05, 0.1) is 11.4 Å². The number of benzene rings is 2. The molecule has 1 heterocycles. The van der Waals surface area contributed by atoms with Crippen LogP contribution in [0.4, 0.5) is 0 Å². The van der Waals surface area contributed by atoms with Crippen LogP contribution in [-0.4, -0.2) is 30.5 Å². The number of methoxy groups -OCH3 is 1. The van der Waals surface area contributed by atoms with Gasteiger partial charge in [-0.2, -0.15) is 0 Å². The van der Waals surface area contributed by atoms with Crippen LogP contribution in [-0.2, 0) is 15.9 Å². The number of aromatic amines is 1. The third-order valence-electron chi connectivity index (χ3n) is 3.77. The van der Waals surface area contributed by atoms with Crippen LogP contribution in [0.15, 0.2) is 60.7 Å². The number of nitrogens with one attached hydrogen (secondary N) is 1. The molecule has 0 amide bonds. The first kappa shape index (κ1) is 16.4. The molecule has 3 aromatic rings. The molecule has 3 rings (SSSR count). The van der Waals surface area contributed by atoms with Gasteiger partial charge in [-0.15, -0.1) is 0 Å². The van der Waals surface area contributed by atoms with Crippen LogP contribution >= 0.6 is 0 Å². The molecule has 1 N–H and O–H groups in total. The summed E-state index contributed by atoms with van der Waals surface area (Å²) in [5.41, 5.74) is 4.32. The van der Waals surface area contributed by atoms with Crippen LogP contribution in [0.1, 0.15) is 12.2 Å². The van der Waals surface area contributed by atoms with Gasteiger partial charge in [0.15, 0.2) is 0 Å². The zero-order chi connectivity index (χ0) is 16.6. The second-order valence-corrected chi connectivity index (χ2v) is 5.56. The molecule has 124 valence electrons. The molecule has 0 fully saturated rings. The van der Waals surface area contributed by atoms with E-state index in [0.717, 1.165) is 41.2 Å². The Balaban J connectivity index is 1.83. The van der Waals surface area contributed by atoms with E-state index in [0.29, 0.717) is 13.4 Å². The Labute approximate surface area is 142 Å². The predicted octanol–water partition coefficient (Wildman–Crippen LogP) is 4.30. The summed E-state index contributed by atoms with van der Waals surface area (Å²) in [6, 6.07) is 20.6. The van der Waals surface area contributed by atoms with E-state index in [1.807, 2.05) is 36.4 Å². The molecule has 24 heavy (non-hydrogen) atoms. The lowest BCUT2D eigenvalue weighted by Crippen LogP contribution is -2.00. The molecule has 4 heteroatoms. The molecule has 0 aliphatic heterocycles. The smallest absolute Gasteiger partial charge is 0.146 e. The zero-order valence-corrected chi connectivity index (χ0v) is 13.9. The maximum Gasteiger partial charge on any atom is 0.146 e. The molecule has 0 saturated heterocycles. The quantitative estimate of drug-likeness (QED) is 0.497. The number of H-pyrrole nitrogens is 1. The lowest BCUT2D eigenvalue weighted by molar-refractivity contribution is -0.0310. The van der Waals surface area contributed by atoms with Crippen molar-refractivity contribution in [3.05, 3.63) is 66.5 Å². The number of nitrogens with zero attached hydrogens (tertiary/aromatic N) is 1. The Morgan fingerprint density at radius 2 is 1.58 bits per heavy atom. The molecule has 0 spiro atoms. The average molecular weight is 322 g/mol. The highest BCUT2D eigenvalue weighted by Crippen LogP contribution is 2.30. The van der Waals surface area contributed by atoms with Crippen molar-refractivity contribution in [2.24, 2.45) is 0 Å². The Kier molecular flexibility index (Phi) is 5.77. The number of aromatic nitrogens is 2. The van der Waals surface area contributed by atoms with Crippen molar-refractivity contribution < 1.29 is 9.47 Å². The fourth-order valence-corrected chi connectivity index (χ4v) is 2.64. The highest BCUT2D eigenvalue weighted by Gasteiger charge is 2.13. The van der Waals surface area contributed by atoms with Crippen LogP contribution in [0.5, 0.6) is 0 Å². The summed E-state index contributed by atoms with van der Waals surface area (Å²) in [6.07, 6.45) is 1.75. The van der Waals surface area contributed by atoms with E-state index in [1.165, 1.54) is 0 Å². The van der Waals surface area contributed by atoms with Gasteiger partial charge in [0, 0.05) is 31.3 Å². The zero-order valence-electron chi connectivity index (χ0n) is 13.9. The third-order valence-corrected chi connectivity index (χ3v) is 3.77. The molecular formula is C20H22N2O2. The van der Waals surface area contributed by atoms with Gasteiger partial charge in [-0.25, -0.2) is 4.98 Å². The Bertz CT molecular complexity index is 682. The molecule has 4 nitrogen and oxygen atoms in total. The topological polar surface area (TPSA) is 47.1 Å². The number of ether oxygens (including phenoxy) is 2. The summed E-state index contributed by atoms with van der Waals surface area (Å²) >= 11 is 0. The summed E-state index contributed by atoms with van der Waals surface area (Å²) in [5, 5.41) is 0. The summed E-state index contributed by atoms with van der Waals surface area (Å²) in [6.45, 7) is 0.999. The maximum atomic E-state index is 5.35. The summed E-state index contributed by atoms with van der Waals surface area (Å²) in [4.78, 5) is 8.32. The fraction of sp³-hybridized carbons (Fsp3) is 0.250. The number of imidazole rings is 1. The van der Waals surface area contributed by atoms with Crippen LogP contribution in [0.3, 0.4) is 0 Å². The van der Waals surface area contributed by atoms with E-state index in [9.17, 15) is 0 Å². The van der Waals surface area contributed by atoms with Crippen molar-refractivity contribution in [1.82, 2.24) is 9.97 Å². The van der Waals surface area contributed by atoms with E-state index >= 15 is 0 Å². The molecule has 0 bridgehead atoms. The van der Waals surface area contributed by atoms with Crippen molar-refractivity contribution in [2.75, 3.05) is 20.5 Å². The summed E-state index contributed by atoms with van der Waals surface area (Å²) in [5.74, 6) is 0.980. The van der Waals surface area contributed by atoms with Gasteiger partial charge in [-0.3, -0.25) is 0 Å². The third kappa shape index (κ3) is 4.10. The van der Waals surface area contributed by atoms with Crippen molar-refractivity contribution in [1.29, 1.82) is 0 Å². The maximum absolute atomic E-state index is 5.35. The van der Waals surface area contributed by atoms with Gasteiger partial charge in [-0.05, 0) is 6.42 Å². The van der Waals surface area contributed by atoms with Gasteiger partial charge in [-0.1, -0.05) is 60.7 Å². The highest BCUT2D eigenvalue weighted by atomic mass is 16.7. The number of hydrogen-bond acceptors (Lipinski definition) is 3. The molecule has 0 aliphatic rings. The van der Waals surface area contributed by atoms with E-state index in [4.69, 9.17) is 14.5 Å². The minimum absolute atomic E-state index is 0.336. The lowest BCUT2D eigenvalue weighted by Gasteiger charge is -2.02. The molecule has 2 aromatic carbocycles. The van der Waals surface area contributed by atoms with Crippen LogP contribution < -0.4 is 0 Å². The molecule has 0 atom stereocenters. The number of hydrogen-bond donors (Lipinski definition) is 1. The van der Waals surface area contributed by atoms with Gasteiger partial charge >= 0.3 is 0 Å². The summed E-state index contributed by atoms with van der Waals surface area (Å²) < 4.78 is 10.2. The first-order valence-electron chi connectivity index (χ1n) is 8.15. The van der Waals surface area contributed by atoms with Crippen molar-refractivity contribution in [3.63, 3.8) is 0 Å². The Morgan fingerprint density at radius 3 is 2.25 bits per heavy atom. The van der Waals surface area contributed by atoms with Crippen molar-refractivity contribution in [3.8, 4) is 22.5 Å². The minimum Gasteiger partial charge on any atom is -0.359 e. The molecule has 0 radical (unpaired) electrons. The van der Waals surface area contributed by atoms with Crippen LogP contribution in [0.25, 0.3) is 22.5 Å². The van der Waals surface area contributed by atoms with Crippen LogP contribution in [0, 0.1) is 0 Å². The normalized spacial score (nSPS) is 10.9. The average Bonchev–Trinajstić information content (AvgIpc) is 3.07. The Morgan fingerprint density at radius 1 is 0.917 bits per heavy atom. The van der Waals surface area contributed by atoms with Gasteiger partial charge in [0.1, 0.15) is 12.6 Å². The van der Waals surface area contributed by atoms with Crippen molar-refractivity contribution >= 4 is 0 Å². The second kappa shape index (κ2) is 8.43. The van der Waals surface area contributed by atoms with Gasteiger partial charge < -0.3 is 14.5 Å². The van der Waals surface area contributed by atoms with E-state index < -0.39 is 0 Å². The van der Waals surface area contributed by atoms with E-state index in [-0.39, 0.29) is 0 Å². The molecular weight excluding hydrogens is 300 g/mol. The van der Waals surface area contributed by atoms with Crippen molar-refractivity contribution in [2.45, 2.75) is 12.8 Å². The SMILES string of the molecule is COCOCCCc1nc(-c2ccccc2)c(-c2ccccc2)[nH]1. The number of aryl methyl sites for hydroxylation is 1. The van der Waals surface area contributed by atoms with Gasteiger partial charge in [0.25, 0.3) is 0 Å². The molecule has 0 aliphatic carbocycles. The number of rotatable bonds is 8. The Hall–Kier alpha value is -2.43. The predicted molar refractivity (Wildman–Crippen MR) is 95.6 cm³/mol. The fourth-order valence-electron chi connectivity index (χ4n) is 2.64. The highest BCUT2D eigenvalue weighted by molar-refractivity contribution is 5.78. The monoisotopic (exact) mass is 322 g/mol. The van der Waals surface area contributed by atoms with Gasteiger partial charge in [0.2, 0.25) is 0 Å². The van der Waals surface area contributed by atoms with E-state index in [2.05, 4.69) is 29.2 Å². The molecule has 0 unspecified atom stereocenters. The first-order valence-corrected chi connectivity index (χ1v) is 8.15. The largest absolute Gasteiger partial charge is 0.359 e. The minimum atomic E-state index is 0.336. The van der Waals surface area contributed by atoms with Crippen LogP contribution in [0.2, 0.25) is 0 Å². The molecule has 1 aromatic heterocycles.